The van der Waals surface area contributed by atoms with Gasteiger partial charge in [0.15, 0.2) is 12.4 Å². The number of carbonyl (C=O) groups is 7. The fourth-order valence-corrected chi connectivity index (χ4v) is 4.51. The van der Waals surface area contributed by atoms with Crippen LogP contribution in [0.25, 0.3) is 0 Å². The third-order valence-electron chi connectivity index (χ3n) is 7.24. The van der Waals surface area contributed by atoms with Gasteiger partial charge in [0.25, 0.3) is 5.91 Å². The first-order valence-corrected chi connectivity index (χ1v) is 16.4. The maximum Gasteiger partial charge on any atom is 0.288 e. The first-order valence-electron chi connectivity index (χ1n) is 16.4. The maximum atomic E-state index is 13.3. The van der Waals surface area contributed by atoms with Gasteiger partial charge in [0.05, 0.1) is 6.20 Å². The summed E-state index contributed by atoms with van der Waals surface area (Å²) in [5.41, 5.74) is 21.8. The van der Waals surface area contributed by atoms with E-state index in [2.05, 4.69) is 41.9 Å². The quantitative estimate of drug-likeness (QED) is 0.0287. The van der Waals surface area contributed by atoms with Crippen molar-refractivity contribution in [2.45, 2.75) is 102 Å². The van der Waals surface area contributed by atoms with Gasteiger partial charge < -0.3 is 59.3 Å². The predicted octanol–water partition coefficient (Wildman–Crippen LogP) is -3.27. The Labute approximate surface area is 290 Å². The van der Waals surface area contributed by atoms with Gasteiger partial charge in [-0.25, -0.2) is 4.98 Å². The van der Waals surface area contributed by atoms with Crippen molar-refractivity contribution < 1.29 is 38.0 Å². The van der Waals surface area contributed by atoms with Crippen molar-refractivity contribution in [2.24, 2.45) is 27.9 Å². The van der Waals surface area contributed by atoms with E-state index in [1.807, 2.05) is 0 Å². The highest BCUT2D eigenvalue weighted by molar-refractivity contribution is 5.96. The SMILES string of the molecule is CC(=O)N[C@@H](CCCCN)C(=O)N[C@@H](C)C(=O)N[C@@H](C)C(=O)N[C@@H](CCCN=C(N)N)C(=O)N[C@@H](CCCCNC(=O)c1cnco1)C(N)=O. The van der Waals surface area contributed by atoms with Crippen LogP contribution in [0.3, 0.4) is 0 Å². The Morgan fingerprint density at radius 3 is 1.86 bits per heavy atom. The van der Waals surface area contributed by atoms with E-state index in [9.17, 15) is 33.6 Å². The molecule has 0 aromatic carbocycles. The molecule has 0 aliphatic heterocycles. The third-order valence-corrected chi connectivity index (χ3v) is 7.24. The molecule has 50 heavy (non-hydrogen) atoms. The largest absolute Gasteiger partial charge is 0.438 e. The molecule has 0 bridgehead atoms. The summed E-state index contributed by atoms with van der Waals surface area (Å²) in [7, 11) is 0. The zero-order valence-electron chi connectivity index (χ0n) is 28.8. The Bertz CT molecular complexity index is 1300. The topological polar surface area (TPSA) is 334 Å². The first-order chi connectivity index (χ1) is 23.7. The standard InChI is InChI=1S/C30H52N12O8/c1-17(39-27(47)21(40-19(3)43)10-4-6-12-31)25(45)38-18(2)26(46)42-22(11-8-14-37-30(33)34)28(48)41-20(24(32)44)9-5-7-13-36-29(49)23-15-35-16-50-23/h15-18,20-22H,4-14,31H2,1-3H3,(H2,32,44)(H,36,49)(H,38,45)(H,39,47)(H,40,43)(H,41,48)(H,42,46)(H4,33,34,37)/t17-,18-,20-,21-,22-/m0/s1. The van der Waals surface area contributed by atoms with Crippen molar-refractivity contribution in [1.29, 1.82) is 0 Å². The Hall–Kier alpha value is -5.27. The second-order valence-electron chi connectivity index (χ2n) is 11.6. The van der Waals surface area contributed by atoms with Crippen molar-refractivity contribution in [1.82, 2.24) is 36.9 Å². The molecule has 0 unspecified atom stereocenters. The van der Waals surface area contributed by atoms with E-state index >= 15 is 0 Å². The summed E-state index contributed by atoms with van der Waals surface area (Å²) in [5, 5.41) is 15.3. The van der Waals surface area contributed by atoms with Gasteiger partial charge in [-0.15, -0.1) is 0 Å². The molecule has 0 radical (unpaired) electrons. The molecule has 0 saturated heterocycles. The Kier molecular flexibility index (Phi) is 19.8. The number of unbranched alkanes of at least 4 members (excludes halogenated alkanes) is 2. The molecule has 0 aliphatic carbocycles. The number of rotatable bonds is 24. The first kappa shape index (κ1) is 42.8. The Balaban J connectivity index is 2.80. The van der Waals surface area contributed by atoms with Crippen LogP contribution in [0, 0.1) is 0 Å². The normalized spacial score (nSPS) is 13.7. The summed E-state index contributed by atoms with van der Waals surface area (Å²) >= 11 is 0. The van der Waals surface area contributed by atoms with E-state index in [0.717, 1.165) is 6.39 Å². The van der Waals surface area contributed by atoms with Crippen LogP contribution in [0.1, 0.15) is 82.7 Å². The van der Waals surface area contributed by atoms with E-state index in [1.165, 1.54) is 27.0 Å². The number of nitrogens with one attached hydrogen (secondary N) is 6. The molecule has 20 nitrogen and oxygen atoms in total. The van der Waals surface area contributed by atoms with Crippen LogP contribution in [-0.2, 0) is 28.8 Å². The molecule has 20 heteroatoms. The molecule has 1 rings (SSSR count). The molecular weight excluding hydrogens is 656 g/mol. The number of hydrogen-bond acceptors (Lipinski definition) is 11. The number of hydrogen-bond donors (Lipinski definition) is 10. The van der Waals surface area contributed by atoms with Crippen molar-refractivity contribution in [3.8, 4) is 0 Å². The van der Waals surface area contributed by atoms with E-state index in [4.69, 9.17) is 27.4 Å². The molecule has 14 N–H and O–H groups in total. The van der Waals surface area contributed by atoms with Gasteiger partial charge in [0.1, 0.15) is 30.2 Å². The Morgan fingerprint density at radius 2 is 1.28 bits per heavy atom. The zero-order chi connectivity index (χ0) is 37.6. The lowest BCUT2D eigenvalue weighted by atomic mass is 10.1. The van der Waals surface area contributed by atoms with Crippen molar-refractivity contribution in [2.75, 3.05) is 19.6 Å². The average molecular weight is 709 g/mol. The number of amides is 7. The highest BCUT2D eigenvalue weighted by Crippen LogP contribution is 2.06. The maximum absolute atomic E-state index is 13.3. The molecule has 280 valence electrons. The smallest absolute Gasteiger partial charge is 0.288 e. The molecule has 0 spiro atoms. The molecule has 0 fully saturated rings. The van der Waals surface area contributed by atoms with E-state index in [-0.39, 0.29) is 44.1 Å². The van der Waals surface area contributed by atoms with E-state index in [0.29, 0.717) is 38.6 Å². The number of oxazole rings is 1. The lowest BCUT2D eigenvalue weighted by Crippen LogP contribution is -2.57. The number of nitrogens with zero attached hydrogens (tertiary/aromatic N) is 2. The summed E-state index contributed by atoms with van der Waals surface area (Å²) in [6.07, 6.45) is 5.30. The van der Waals surface area contributed by atoms with E-state index in [1.54, 1.807) is 0 Å². The minimum atomic E-state index is -1.16. The van der Waals surface area contributed by atoms with Crippen LogP contribution in [0.5, 0.6) is 0 Å². The van der Waals surface area contributed by atoms with Crippen molar-refractivity contribution >= 4 is 47.3 Å². The van der Waals surface area contributed by atoms with Gasteiger partial charge in [-0.2, -0.15) is 0 Å². The summed E-state index contributed by atoms with van der Waals surface area (Å²) in [4.78, 5) is 95.2. The highest BCUT2D eigenvalue weighted by atomic mass is 16.3. The van der Waals surface area contributed by atoms with Crippen LogP contribution in [0.15, 0.2) is 22.0 Å². The number of nitrogens with two attached hydrogens (primary N) is 4. The van der Waals surface area contributed by atoms with Crippen LogP contribution in [-0.4, -0.2) is 102 Å². The zero-order valence-corrected chi connectivity index (χ0v) is 28.8. The van der Waals surface area contributed by atoms with Crippen LogP contribution >= 0.6 is 0 Å². The molecular formula is C30H52N12O8. The number of aliphatic imine (C=N–C) groups is 1. The fourth-order valence-electron chi connectivity index (χ4n) is 4.51. The van der Waals surface area contributed by atoms with Gasteiger partial charge in [-0.3, -0.25) is 38.6 Å². The van der Waals surface area contributed by atoms with Gasteiger partial charge in [0, 0.05) is 20.0 Å². The molecule has 0 saturated carbocycles. The van der Waals surface area contributed by atoms with Gasteiger partial charge in [-0.05, 0) is 71.8 Å². The second kappa shape index (κ2) is 23.1. The van der Waals surface area contributed by atoms with Gasteiger partial charge in [0.2, 0.25) is 41.2 Å². The summed E-state index contributed by atoms with van der Waals surface area (Å²) in [6.45, 7) is 4.91. The molecule has 7 amide bonds. The third kappa shape index (κ3) is 17.2. The number of guanidine groups is 1. The lowest BCUT2D eigenvalue weighted by Gasteiger charge is -2.24. The summed E-state index contributed by atoms with van der Waals surface area (Å²) < 4.78 is 4.92. The minimum absolute atomic E-state index is 0.0527. The lowest BCUT2D eigenvalue weighted by molar-refractivity contribution is -0.134. The minimum Gasteiger partial charge on any atom is -0.438 e. The van der Waals surface area contributed by atoms with Crippen molar-refractivity contribution in [3.05, 3.63) is 18.4 Å². The molecule has 5 atom stereocenters. The van der Waals surface area contributed by atoms with Crippen LogP contribution in [0.4, 0.5) is 0 Å². The van der Waals surface area contributed by atoms with Crippen molar-refractivity contribution in [3.63, 3.8) is 0 Å². The predicted molar refractivity (Wildman–Crippen MR) is 181 cm³/mol. The summed E-state index contributed by atoms with van der Waals surface area (Å²) in [5.74, 6) is -4.46. The fraction of sp³-hybridized carbons (Fsp3) is 0.633. The molecule has 1 heterocycles. The van der Waals surface area contributed by atoms with Gasteiger partial charge in [-0.1, -0.05) is 0 Å². The van der Waals surface area contributed by atoms with Crippen LogP contribution in [0.2, 0.25) is 0 Å². The highest BCUT2D eigenvalue weighted by Gasteiger charge is 2.29. The average Bonchev–Trinajstić information content (AvgIpc) is 3.59. The van der Waals surface area contributed by atoms with E-state index < -0.39 is 71.6 Å². The number of carbonyl (C=O) groups excluding carboxylic acids is 7. The van der Waals surface area contributed by atoms with Crippen LogP contribution < -0.4 is 54.8 Å². The number of aromatic nitrogens is 1. The summed E-state index contributed by atoms with van der Waals surface area (Å²) in [6, 6.07) is -5.34. The number of primary amides is 1. The monoisotopic (exact) mass is 708 g/mol. The molecule has 1 aromatic rings. The second-order valence-corrected chi connectivity index (χ2v) is 11.6. The molecule has 0 aliphatic rings. The molecule has 1 aromatic heterocycles. The van der Waals surface area contributed by atoms with Gasteiger partial charge >= 0.3 is 0 Å². The Morgan fingerprint density at radius 1 is 0.740 bits per heavy atom.